The summed E-state index contributed by atoms with van der Waals surface area (Å²) in [6.45, 7) is 0.596. The van der Waals surface area contributed by atoms with Gasteiger partial charge in [0.15, 0.2) is 6.23 Å². The summed E-state index contributed by atoms with van der Waals surface area (Å²) in [6, 6.07) is 29.9. The van der Waals surface area contributed by atoms with Crippen molar-refractivity contribution < 1.29 is 14.2 Å². The first-order chi connectivity index (χ1) is 19.6. The molecule has 5 rings (SSSR count). The molecule has 0 radical (unpaired) electrons. The summed E-state index contributed by atoms with van der Waals surface area (Å²) in [4.78, 5) is 29.3. The van der Waals surface area contributed by atoms with Crippen LogP contribution in [0, 0.1) is 0 Å². The van der Waals surface area contributed by atoms with E-state index < -0.39 is 35.8 Å². The molecule has 0 saturated carbocycles. The number of benzene rings is 3. The highest BCUT2D eigenvalue weighted by molar-refractivity contribution is 5.16. The molecule has 10 heteroatoms. The zero-order chi connectivity index (χ0) is 27.7. The third-order valence-corrected chi connectivity index (χ3v) is 6.73. The normalized spacial score (nSPS) is 20.2. The molecule has 0 unspecified atom stereocenters. The van der Waals surface area contributed by atoms with Crippen LogP contribution < -0.4 is 11.2 Å². The van der Waals surface area contributed by atoms with Crippen LogP contribution in [0.25, 0.3) is 10.4 Å². The molecule has 40 heavy (non-hydrogen) atoms. The van der Waals surface area contributed by atoms with Crippen LogP contribution in [0.2, 0.25) is 0 Å². The Bertz CT molecular complexity index is 1550. The Hall–Kier alpha value is -4.47. The van der Waals surface area contributed by atoms with Gasteiger partial charge in [-0.2, -0.15) is 0 Å². The van der Waals surface area contributed by atoms with Crippen LogP contribution in [0.4, 0.5) is 0 Å². The Kier molecular flexibility index (Phi) is 8.85. The number of hydrogen-bond acceptors (Lipinski definition) is 6. The third kappa shape index (κ3) is 6.39. The van der Waals surface area contributed by atoms with E-state index in [2.05, 4.69) is 10.0 Å². The molecule has 3 aromatic carbocycles. The lowest BCUT2D eigenvalue weighted by atomic mass is 10.1. The van der Waals surface area contributed by atoms with Crippen LogP contribution in [0.5, 0.6) is 0 Å². The molecule has 1 aliphatic rings. The van der Waals surface area contributed by atoms with Crippen molar-refractivity contribution in [2.45, 2.75) is 44.3 Å². The molecule has 4 aromatic rings. The Labute approximate surface area is 230 Å². The molecule has 10 nitrogen and oxygen atoms in total. The van der Waals surface area contributed by atoms with E-state index in [1.165, 1.54) is 16.8 Å². The number of nitrogens with zero attached hydrogens (tertiary/aromatic N) is 5. The molecular weight excluding hydrogens is 510 g/mol. The first-order valence-corrected chi connectivity index (χ1v) is 13.0. The Balaban J connectivity index is 1.50. The molecule has 0 bridgehead atoms. The molecule has 1 saturated heterocycles. The maximum atomic E-state index is 13.7. The first-order valence-electron chi connectivity index (χ1n) is 13.0. The zero-order valence-corrected chi connectivity index (χ0v) is 21.7. The number of rotatable bonds is 11. The second-order valence-electron chi connectivity index (χ2n) is 9.42. The molecule has 1 fully saturated rings. The van der Waals surface area contributed by atoms with E-state index in [1.807, 2.05) is 91.0 Å². The molecule has 0 amide bonds. The number of ether oxygens (including phenoxy) is 3. The van der Waals surface area contributed by atoms with Crippen LogP contribution >= 0.6 is 0 Å². The quantitative estimate of drug-likeness (QED) is 0.159. The standard InChI is InChI=1S/C30H29N5O5/c31-33-32-18-25-27(38-20-23-12-6-2-7-13-23)28(39-21-24-14-8-3-9-15-24)29(40-25)34-17-16-26(36)35(30(34)37)19-22-10-4-1-5-11-22/h1-17,25,27-29H,18-21H2/t25-,27-,28-,29-/m1/s1. The van der Waals surface area contributed by atoms with E-state index >= 15 is 0 Å². The molecule has 204 valence electrons. The van der Waals surface area contributed by atoms with Crippen molar-refractivity contribution in [1.82, 2.24) is 9.13 Å². The molecule has 4 atom stereocenters. The summed E-state index contributed by atoms with van der Waals surface area (Å²) in [5, 5.41) is 3.73. The van der Waals surface area contributed by atoms with Gasteiger partial charge in [0, 0.05) is 17.2 Å². The van der Waals surface area contributed by atoms with Crippen molar-refractivity contribution in [3.8, 4) is 0 Å². The van der Waals surface area contributed by atoms with Gasteiger partial charge in [-0.05, 0) is 22.2 Å². The predicted molar refractivity (Wildman–Crippen MR) is 148 cm³/mol. The molecular formula is C30H29N5O5. The fourth-order valence-corrected chi connectivity index (χ4v) is 4.74. The van der Waals surface area contributed by atoms with Crippen molar-refractivity contribution in [2.75, 3.05) is 6.54 Å². The van der Waals surface area contributed by atoms with E-state index in [9.17, 15) is 9.59 Å². The first kappa shape index (κ1) is 27.1. The minimum atomic E-state index is -0.932. The lowest BCUT2D eigenvalue weighted by molar-refractivity contribution is -0.0915. The summed E-state index contributed by atoms with van der Waals surface area (Å²) in [6.07, 6.45) is -1.62. The van der Waals surface area contributed by atoms with E-state index in [-0.39, 0.29) is 26.3 Å². The van der Waals surface area contributed by atoms with E-state index in [4.69, 9.17) is 19.7 Å². The van der Waals surface area contributed by atoms with Crippen LogP contribution in [0.15, 0.2) is 118 Å². The van der Waals surface area contributed by atoms with Gasteiger partial charge in [-0.25, -0.2) is 4.79 Å². The number of azide groups is 1. The lowest BCUT2D eigenvalue weighted by Gasteiger charge is -2.26. The number of aromatic nitrogens is 2. The van der Waals surface area contributed by atoms with Crippen LogP contribution in [0.3, 0.4) is 0 Å². The fraction of sp³-hybridized carbons (Fsp3) is 0.267. The maximum absolute atomic E-state index is 13.7. The van der Waals surface area contributed by atoms with Gasteiger partial charge in [-0.3, -0.25) is 13.9 Å². The Morgan fingerprint density at radius 3 is 1.90 bits per heavy atom. The Morgan fingerprint density at radius 1 is 0.775 bits per heavy atom. The molecule has 0 spiro atoms. The van der Waals surface area contributed by atoms with Gasteiger partial charge in [-0.1, -0.05) is 96.1 Å². The highest BCUT2D eigenvalue weighted by atomic mass is 16.6. The molecule has 0 N–H and O–H groups in total. The molecule has 1 aliphatic heterocycles. The monoisotopic (exact) mass is 539 g/mol. The van der Waals surface area contributed by atoms with Gasteiger partial charge >= 0.3 is 5.69 Å². The second kappa shape index (κ2) is 13.1. The highest BCUT2D eigenvalue weighted by Crippen LogP contribution is 2.34. The molecule has 0 aliphatic carbocycles. The van der Waals surface area contributed by atoms with Gasteiger partial charge < -0.3 is 14.2 Å². The highest BCUT2D eigenvalue weighted by Gasteiger charge is 2.47. The fourth-order valence-electron chi connectivity index (χ4n) is 4.74. The van der Waals surface area contributed by atoms with Crippen LogP contribution in [-0.4, -0.2) is 34.0 Å². The third-order valence-electron chi connectivity index (χ3n) is 6.73. The van der Waals surface area contributed by atoms with Gasteiger partial charge in [0.25, 0.3) is 5.56 Å². The summed E-state index contributed by atoms with van der Waals surface area (Å²) >= 11 is 0. The molecule has 1 aromatic heterocycles. The van der Waals surface area contributed by atoms with Crippen molar-refractivity contribution in [2.24, 2.45) is 5.11 Å². The minimum Gasteiger partial charge on any atom is -0.368 e. The average molecular weight is 540 g/mol. The van der Waals surface area contributed by atoms with Crippen molar-refractivity contribution in [3.63, 3.8) is 0 Å². The smallest absolute Gasteiger partial charge is 0.333 e. The summed E-state index contributed by atoms with van der Waals surface area (Å²) < 4.78 is 21.5. The summed E-state index contributed by atoms with van der Waals surface area (Å²) in [7, 11) is 0. The average Bonchev–Trinajstić information content (AvgIpc) is 3.34. The molecule has 2 heterocycles. The van der Waals surface area contributed by atoms with Crippen LogP contribution in [-0.2, 0) is 34.0 Å². The zero-order valence-electron chi connectivity index (χ0n) is 21.7. The van der Waals surface area contributed by atoms with Gasteiger partial charge in [0.05, 0.1) is 32.4 Å². The predicted octanol–water partition coefficient (Wildman–Crippen LogP) is 4.44. The van der Waals surface area contributed by atoms with Crippen molar-refractivity contribution in [1.29, 1.82) is 0 Å². The van der Waals surface area contributed by atoms with E-state index in [1.54, 1.807) is 0 Å². The lowest BCUT2D eigenvalue weighted by Crippen LogP contribution is -2.44. The second-order valence-corrected chi connectivity index (χ2v) is 9.42. The maximum Gasteiger partial charge on any atom is 0.333 e. The summed E-state index contributed by atoms with van der Waals surface area (Å²) in [5.41, 5.74) is 10.7. The van der Waals surface area contributed by atoms with E-state index in [0.717, 1.165) is 21.3 Å². The van der Waals surface area contributed by atoms with Gasteiger partial charge in [-0.15, -0.1) is 0 Å². The van der Waals surface area contributed by atoms with Gasteiger partial charge in [0.1, 0.15) is 12.2 Å². The van der Waals surface area contributed by atoms with Crippen molar-refractivity contribution in [3.05, 3.63) is 151 Å². The number of hydrogen-bond donors (Lipinski definition) is 0. The van der Waals surface area contributed by atoms with Gasteiger partial charge in [0.2, 0.25) is 0 Å². The van der Waals surface area contributed by atoms with E-state index in [0.29, 0.717) is 0 Å². The van der Waals surface area contributed by atoms with Crippen LogP contribution in [0.1, 0.15) is 22.9 Å². The van der Waals surface area contributed by atoms with Crippen molar-refractivity contribution >= 4 is 0 Å². The SMILES string of the molecule is [N-]=[N+]=NC[C@H]1O[C@@H](n2ccc(=O)n(Cc3ccccc3)c2=O)[C@H](OCc2ccccc2)[C@@H]1OCc1ccccc1. The largest absolute Gasteiger partial charge is 0.368 e. The topological polar surface area (TPSA) is 120 Å². The summed E-state index contributed by atoms with van der Waals surface area (Å²) in [5.74, 6) is 0. The Morgan fingerprint density at radius 2 is 1.32 bits per heavy atom. The minimum absolute atomic E-state index is 0.0178.